The van der Waals surface area contributed by atoms with Crippen LogP contribution in [0, 0.1) is 10.1 Å². The smallest absolute Gasteiger partial charge is 0.315 e. The second-order valence-corrected chi connectivity index (χ2v) is 6.32. The second-order valence-electron chi connectivity index (χ2n) is 4.58. The van der Waals surface area contributed by atoms with Crippen LogP contribution in [-0.2, 0) is 16.2 Å². The van der Waals surface area contributed by atoms with Crippen LogP contribution >= 0.6 is 12.4 Å². The summed E-state index contributed by atoms with van der Waals surface area (Å²) in [6.07, 6.45) is -4.20. The second kappa shape index (κ2) is 9.16. The SMILES string of the molecule is CCCNCCNS(=O)(=O)c1ccc([N+](=O)[O-])cc1C(F)(F)F.Cl. The predicted molar refractivity (Wildman–Crippen MR) is 83.7 cm³/mol. The molecular formula is C12H17ClF3N3O4S. The van der Waals surface area contributed by atoms with E-state index < -0.39 is 37.3 Å². The van der Waals surface area contributed by atoms with Gasteiger partial charge in [0.05, 0.1) is 15.4 Å². The number of benzene rings is 1. The highest BCUT2D eigenvalue weighted by molar-refractivity contribution is 7.89. The quantitative estimate of drug-likeness (QED) is 0.402. The number of nitrogens with zero attached hydrogens (tertiary/aromatic N) is 1. The molecule has 0 heterocycles. The van der Waals surface area contributed by atoms with Gasteiger partial charge in [-0.3, -0.25) is 10.1 Å². The Bertz CT molecular complexity index is 668. The van der Waals surface area contributed by atoms with E-state index in [0.29, 0.717) is 12.6 Å². The molecule has 0 spiro atoms. The van der Waals surface area contributed by atoms with Crippen molar-refractivity contribution in [3.8, 4) is 0 Å². The van der Waals surface area contributed by atoms with Gasteiger partial charge < -0.3 is 5.32 Å². The van der Waals surface area contributed by atoms with Crippen molar-refractivity contribution in [3.63, 3.8) is 0 Å². The first-order chi connectivity index (χ1) is 10.6. The zero-order valence-corrected chi connectivity index (χ0v) is 14.2. The van der Waals surface area contributed by atoms with E-state index in [0.717, 1.165) is 12.5 Å². The monoisotopic (exact) mass is 391 g/mol. The molecule has 7 nitrogen and oxygen atoms in total. The molecule has 0 aromatic heterocycles. The van der Waals surface area contributed by atoms with E-state index in [9.17, 15) is 31.7 Å². The highest BCUT2D eigenvalue weighted by Gasteiger charge is 2.38. The summed E-state index contributed by atoms with van der Waals surface area (Å²) in [5.74, 6) is 0. The fraction of sp³-hybridized carbons (Fsp3) is 0.500. The van der Waals surface area contributed by atoms with Crippen molar-refractivity contribution < 1.29 is 26.5 Å². The van der Waals surface area contributed by atoms with Crippen LogP contribution in [0.1, 0.15) is 18.9 Å². The van der Waals surface area contributed by atoms with Gasteiger partial charge in [-0.05, 0) is 19.0 Å². The number of alkyl halides is 3. The number of nitro benzene ring substituents is 1. The molecular weight excluding hydrogens is 375 g/mol. The minimum atomic E-state index is -5.03. The fourth-order valence-corrected chi connectivity index (χ4v) is 2.98. The molecule has 0 fully saturated rings. The molecule has 1 aromatic carbocycles. The number of hydrogen-bond acceptors (Lipinski definition) is 5. The number of rotatable bonds is 8. The maximum absolute atomic E-state index is 13.0. The Hall–Kier alpha value is -1.43. The molecule has 1 aromatic rings. The molecule has 12 heteroatoms. The first-order valence-electron chi connectivity index (χ1n) is 6.65. The Labute approximate surface area is 143 Å². The standard InChI is InChI=1S/C12H16F3N3O4S.ClH/c1-2-5-16-6-7-17-23(21,22)11-4-3-9(18(19)20)8-10(11)12(13,14)15;/h3-4,8,16-17H,2,5-7H2,1H3;1H. The average Bonchev–Trinajstić information content (AvgIpc) is 2.45. The third-order valence-electron chi connectivity index (χ3n) is 2.79. The van der Waals surface area contributed by atoms with Crippen molar-refractivity contribution in [1.29, 1.82) is 0 Å². The highest BCUT2D eigenvalue weighted by atomic mass is 35.5. The molecule has 2 N–H and O–H groups in total. The number of nitro groups is 1. The molecule has 24 heavy (non-hydrogen) atoms. The number of nitrogens with one attached hydrogen (secondary N) is 2. The number of non-ortho nitro benzene ring substituents is 1. The Kier molecular flexibility index (Phi) is 8.61. The summed E-state index contributed by atoms with van der Waals surface area (Å²) in [5, 5.41) is 13.5. The summed E-state index contributed by atoms with van der Waals surface area (Å²) in [4.78, 5) is 8.52. The van der Waals surface area contributed by atoms with E-state index in [1.54, 1.807) is 0 Å². The maximum atomic E-state index is 13.0. The van der Waals surface area contributed by atoms with E-state index in [1.807, 2.05) is 11.6 Å². The van der Waals surface area contributed by atoms with Crippen molar-refractivity contribution in [2.45, 2.75) is 24.4 Å². The molecule has 0 aliphatic carbocycles. The lowest BCUT2D eigenvalue weighted by molar-refractivity contribution is -0.385. The third-order valence-corrected chi connectivity index (χ3v) is 4.31. The van der Waals surface area contributed by atoms with Gasteiger partial charge in [-0.15, -0.1) is 12.4 Å². The van der Waals surface area contributed by atoms with Gasteiger partial charge in [0.2, 0.25) is 10.0 Å². The van der Waals surface area contributed by atoms with Gasteiger partial charge in [0, 0.05) is 25.2 Å². The molecule has 0 aliphatic heterocycles. The summed E-state index contributed by atoms with van der Waals surface area (Å²) in [7, 11) is -4.44. The zero-order chi connectivity index (χ0) is 17.7. The summed E-state index contributed by atoms with van der Waals surface area (Å²) < 4.78 is 65.0. The summed E-state index contributed by atoms with van der Waals surface area (Å²) >= 11 is 0. The van der Waals surface area contributed by atoms with Gasteiger partial charge in [0.25, 0.3) is 5.69 Å². The van der Waals surface area contributed by atoms with Crippen LogP contribution in [-0.4, -0.2) is 33.0 Å². The molecule has 1 rings (SSSR count). The van der Waals surface area contributed by atoms with Crippen molar-refractivity contribution in [1.82, 2.24) is 10.0 Å². The van der Waals surface area contributed by atoms with Crippen LogP contribution < -0.4 is 10.0 Å². The van der Waals surface area contributed by atoms with Crippen LogP contribution in [0.5, 0.6) is 0 Å². The summed E-state index contributed by atoms with van der Waals surface area (Å²) in [6.45, 7) is 2.70. The first-order valence-corrected chi connectivity index (χ1v) is 8.14. The summed E-state index contributed by atoms with van der Waals surface area (Å²) in [5.41, 5.74) is -2.40. The van der Waals surface area contributed by atoms with Gasteiger partial charge in [-0.2, -0.15) is 13.2 Å². The zero-order valence-electron chi connectivity index (χ0n) is 12.6. The first kappa shape index (κ1) is 22.6. The van der Waals surface area contributed by atoms with Crippen molar-refractivity contribution >= 4 is 28.1 Å². The Morgan fingerprint density at radius 3 is 2.33 bits per heavy atom. The maximum Gasteiger partial charge on any atom is 0.417 e. The van der Waals surface area contributed by atoms with Gasteiger partial charge in [0.1, 0.15) is 0 Å². The molecule has 0 atom stereocenters. The number of halogens is 4. The van der Waals surface area contributed by atoms with Gasteiger partial charge >= 0.3 is 6.18 Å². The van der Waals surface area contributed by atoms with Gasteiger partial charge in [-0.1, -0.05) is 6.92 Å². The predicted octanol–water partition coefficient (Wildman–Crippen LogP) is 2.31. The molecule has 0 aliphatic rings. The van der Waals surface area contributed by atoms with Crippen LogP contribution in [0.15, 0.2) is 23.1 Å². The van der Waals surface area contributed by atoms with Gasteiger partial charge in [0.15, 0.2) is 0 Å². The third kappa shape index (κ3) is 6.23. The topological polar surface area (TPSA) is 101 Å². The van der Waals surface area contributed by atoms with E-state index in [-0.39, 0.29) is 31.6 Å². The Balaban J connectivity index is 0.00000529. The Morgan fingerprint density at radius 1 is 1.21 bits per heavy atom. The minimum absolute atomic E-state index is 0. The van der Waals surface area contributed by atoms with E-state index in [2.05, 4.69) is 5.32 Å². The molecule has 0 radical (unpaired) electrons. The molecule has 0 saturated carbocycles. The highest BCUT2D eigenvalue weighted by Crippen LogP contribution is 2.36. The molecule has 138 valence electrons. The van der Waals surface area contributed by atoms with Crippen LogP contribution in [0.25, 0.3) is 0 Å². The van der Waals surface area contributed by atoms with Crippen molar-refractivity contribution in [3.05, 3.63) is 33.9 Å². The Morgan fingerprint density at radius 2 is 1.83 bits per heavy atom. The minimum Gasteiger partial charge on any atom is -0.315 e. The van der Waals surface area contributed by atoms with Crippen molar-refractivity contribution in [2.24, 2.45) is 0 Å². The van der Waals surface area contributed by atoms with Crippen LogP contribution in [0.3, 0.4) is 0 Å². The van der Waals surface area contributed by atoms with Crippen LogP contribution in [0.4, 0.5) is 18.9 Å². The van der Waals surface area contributed by atoms with Crippen LogP contribution in [0.2, 0.25) is 0 Å². The van der Waals surface area contributed by atoms with Gasteiger partial charge in [-0.25, -0.2) is 13.1 Å². The van der Waals surface area contributed by atoms with E-state index >= 15 is 0 Å². The van der Waals surface area contributed by atoms with Crippen molar-refractivity contribution in [2.75, 3.05) is 19.6 Å². The lowest BCUT2D eigenvalue weighted by Gasteiger charge is -2.14. The summed E-state index contributed by atoms with van der Waals surface area (Å²) in [6, 6.07) is 1.52. The lowest BCUT2D eigenvalue weighted by Crippen LogP contribution is -2.33. The number of hydrogen-bond donors (Lipinski definition) is 2. The van der Waals surface area contributed by atoms with E-state index in [1.165, 1.54) is 0 Å². The average molecular weight is 392 g/mol. The normalized spacial score (nSPS) is 11.8. The fourth-order valence-electron chi connectivity index (χ4n) is 1.74. The molecule has 0 bridgehead atoms. The largest absolute Gasteiger partial charge is 0.417 e. The molecule has 0 unspecified atom stereocenters. The molecule has 0 saturated heterocycles. The van der Waals surface area contributed by atoms with E-state index in [4.69, 9.17) is 0 Å². The lowest BCUT2D eigenvalue weighted by atomic mass is 10.2. The molecule has 0 amide bonds. The number of sulfonamides is 1.